The Hall–Kier alpha value is -1.73. The van der Waals surface area contributed by atoms with Crippen molar-refractivity contribution >= 4 is 38.2 Å². The second kappa shape index (κ2) is 6.05. The molecule has 0 aliphatic heterocycles. The first kappa shape index (κ1) is 16.1. The van der Waals surface area contributed by atoms with Crippen LogP contribution in [-0.2, 0) is 0 Å². The van der Waals surface area contributed by atoms with Crippen molar-refractivity contribution in [2.24, 2.45) is 0 Å². The van der Waals surface area contributed by atoms with Crippen LogP contribution in [0.1, 0.15) is 32.6 Å². The largest absolute Gasteiger partial charge is 0.390 e. The van der Waals surface area contributed by atoms with Crippen LogP contribution in [0, 0.1) is 10.1 Å². The van der Waals surface area contributed by atoms with E-state index in [1.54, 1.807) is 0 Å². The Morgan fingerprint density at radius 3 is 2.78 bits per heavy atom. The molecule has 0 unspecified atom stereocenters. The zero-order valence-electron chi connectivity index (χ0n) is 12.8. The molecule has 23 heavy (non-hydrogen) atoms. The van der Waals surface area contributed by atoms with Gasteiger partial charge in [0.1, 0.15) is 11.9 Å². The zero-order chi connectivity index (χ0) is 16.6. The number of anilines is 1. The summed E-state index contributed by atoms with van der Waals surface area (Å²) < 4.78 is 0.849. The van der Waals surface area contributed by atoms with Crippen LogP contribution in [0.3, 0.4) is 0 Å². The fourth-order valence-electron chi connectivity index (χ4n) is 3.03. The second-order valence-electron chi connectivity index (χ2n) is 6.35. The maximum absolute atomic E-state index is 11.4. The minimum absolute atomic E-state index is 0.0204. The highest BCUT2D eigenvalue weighted by Crippen LogP contribution is 2.36. The quantitative estimate of drug-likeness (QED) is 0.621. The van der Waals surface area contributed by atoms with Gasteiger partial charge in [-0.3, -0.25) is 10.1 Å². The monoisotopic (exact) mass is 379 g/mol. The topological polar surface area (TPSA) is 88.3 Å². The third-order valence-corrected chi connectivity index (χ3v) is 4.91. The number of nitro groups is 1. The Morgan fingerprint density at radius 1 is 1.43 bits per heavy atom. The fraction of sp³-hybridized carbons (Fsp3) is 0.438. The van der Waals surface area contributed by atoms with Crippen molar-refractivity contribution in [3.05, 3.63) is 39.0 Å². The summed E-state index contributed by atoms with van der Waals surface area (Å²) in [7, 11) is 0. The average Bonchev–Trinajstić information content (AvgIpc) is 2.49. The molecule has 1 aliphatic carbocycles. The minimum atomic E-state index is -0.631. The van der Waals surface area contributed by atoms with Gasteiger partial charge < -0.3 is 10.4 Å². The zero-order valence-corrected chi connectivity index (χ0v) is 14.3. The first-order valence-electron chi connectivity index (χ1n) is 7.57. The molecule has 1 fully saturated rings. The van der Waals surface area contributed by atoms with Gasteiger partial charge in [0.2, 0.25) is 0 Å². The molecule has 0 amide bonds. The summed E-state index contributed by atoms with van der Waals surface area (Å²) >= 11 is 3.41. The van der Waals surface area contributed by atoms with Gasteiger partial charge in [0, 0.05) is 15.9 Å². The predicted octanol–water partition coefficient (Wildman–Crippen LogP) is 4.01. The molecule has 7 heteroatoms. The molecule has 0 radical (unpaired) electrons. The van der Waals surface area contributed by atoms with Crippen LogP contribution in [0.2, 0.25) is 0 Å². The van der Waals surface area contributed by atoms with E-state index in [1.165, 1.54) is 6.20 Å². The van der Waals surface area contributed by atoms with Crippen LogP contribution in [0.25, 0.3) is 10.9 Å². The number of hydrogen-bond acceptors (Lipinski definition) is 5. The van der Waals surface area contributed by atoms with Gasteiger partial charge in [0.25, 0.3) is 0 Å². The van der Waals surface area contributed by atoms with E-state index in [4.69, 9.17) is 0 Å². The first-order valence-corrected chi connectivity index (χ1v) is 8.37. The van der Waals surface area contributed by atoms with E-state index in [9.17, 15) is 15.2 Å². The molecule has 1 aromatic heterocycles. The number of aromatic nitrogens is 1. The molecule has 122 valence electrons. The first-order chi connectivity index (χ1) is 10.9. The van der Waals surface area contributed by atoms with Crippen LogP contribution in [-0.4, -0.2) is 26.7 Å². The number of benzene rings is 1. The van der Waals surface area contributed by atoms with E-state index in [0.717, 1.165) is 22.7 Å². The number of nitrogens with one attached hydrogen (secondary N) is 1. The number of nitrogens with zero attached hydrogens (tertiary/aromatic N) is 2. The van der Waals surface area contributed by atoms with Crippen molar-refractivity contribution in [1.82, 2.24) is 4.98 Å². The molecular weight excluding hydrogens is 362 g/mol. The summed E-state index contributed by atoms with van der Waals surface area (Å²) in [4.78, 5) is 15.1. The maximum Gasteiger partial charge on any atom is 0.311 e. The van der Waals surface area contributed by atoms with Crippen molar-refractivity contribution in [2.75, 3.05) is 5.32 Å². The summed E-state index contributed by atoms with van der Waals surface area (Å²) in [5.41, 5.74) is 0.567. The van der Waals surface area contributed by atoms with Crippen molar-refractivity contribution in [2.45, 2.75) is 44.2 Å². The Bertz CT molecular complexity index is 754. The van der Waals surface area contributed by atoms with Crippen LogP contribution in [0.15, 0.2) is 28.9 Å². The summed E-state index contributed by atoms with van der Waals surface area (Å²) in [5, 5.41) is 25.5. The highest BCUT2D eigenvalue weighted by Gasteiger charge is 2.30. The third-order valence-electron chi connectivity index (χ3n) is 4.42. The van der Waals surface area contributed by atoms with Gasteiger partial charge in [-0.25, -0.2) is 4.98 Å². The van der Waals surface area contributed by atoms with E-state index >= 15 is 0 Å². The van der Waals surface area contributed by atoms with Gasteiger partial charge >= 0.3 is 5.69 Å². The van der Waals surface area contributed by atoms with E-state index in [1.807, 2.05) is 25.1 Å². The number of fused-ring (bicyclic) bond motifs is 1. The summed E-state index contributed by atoms with van der Waals surface area (Å²) in [5.74, 6) is 0. The van der Waals surface area contributed by atoms with Crippen LogP contribution in [0.4, 0.5) is 11.4 Å². The highest BCUT2D eigenvalue weighted by molar-refractivity contribution is 9.10. The summed E-state index contributed by atoms with van der Waals surface area (Å²) in [6.07, 6.45) is 4.23. The summed E-state index contributed by atoms with van der Waals surface area (Å²) in [6, 6.07) is 5.65. The van der Waals surface area contributed by atoms with Gasteiger partial charge in [0.15, 0.2) is 0 Å². The number of pyridine rings is 1. The lowest BCUT2D eigenvalue weighted by Crippen LogP contribution is -2.35. The van der Waals surface area contributed by atoms with Gasteiger partial charge in [-0.2, -0.15) is 0 Å². The van der Waals surface area contributed by atoms with Crippen molar-refractivity contribution in [3.63, 3.8) is 0 Å². The van der Waals surface area contributed by atoms with E-state index in [0.29, 0.717) is 24.0 Å². The Labute approximate surface area is 142 Å². The lowest BCUT2D eigenvalue weighted by atomic mass is 9.83. The van der Waals surface area contributed by atoms with Crippen LogP contribution in [0.5, 0.6) is 0 Å². The van der Waals surface area contributed by atoms with Crippen molar-refractivity contribution in [3.8, 4) is 0 Å². The Morgan fingerprint density at radius 2 is 2.13 bits per heavy atom. The lowest BCUT2D eigenvalue weighted by Gasteiger charge is -2.33. The molecular formula is C16H18BrN3O3. The molecule has 2 aromatic rings. The molecule has 0 bridgehead atoms. The molecule has 0 atom stereocenters. The average molecular weight is 380 g/mol. The summed E-state index contributed by atoms with van der Waals surface area (Å²) in [6.45, 7) is 1.84. The number of aliphatic hydroxyl groups is 1. The van der Waals surface area contributed by atoms with E-state index < -0.39 is 10.5 Å². The minimum Gasteiger partial charge on any atom is -0.390 e. The smallest absolute Gasteiger partial charge is 0.311 e. The number of halogens is 1. The standard InChI is InChI=1S/C16H18BrN3O3/c1-16(21)6-4-11(5-7-16)19-15-12-8-10(17)2-3-13(12)18-9-14(15)20(22)23/h2-3,8-9,11,21H,4-7H2,1H3,(H,18,19). The Balaban J connectivity index is 1.99. The normalized spacial score (nSPS) is 24.6. The fourth-order valence-corrected chi connectivity index (χ4v) is 3.39. The SMILES string of the molecule is CC1(O)CCC(Nc2c([N+](=O)[O-])cnc3ccc(Br)cc23)CC1. The molecule has 6 nitrogen and oxygen atoms in total. The van der Waals surface area contributed by atoms with Crippen LogP contribution >= 0.6 is 15.9 Å². The number of rotatable bonds is 3. The molecule has 3 rings (SSSR count). The van der Waals surface area contributed by atoms with Gasteiger partial charge in [-0.05, 0) is 50.8 Å². The lowest BCUT2D eigenvalue weighted by molar-refractivity contribution is -0.384. The van der Waals surface area contributed by atoms with Gasteiger partial charge in [-0.1, -0.05) is 15.9 Å². The third kappa shape index (κ3) is 3.45. The Kier molecular flexibility index (Phi) is 4.25. The van der Waals surface area contributed by atoms with Crippen molar-refractivity contribution in [1.29, 1.82) is 0 Å². The molecule has 0 saturated heterocycles. The van der Waals surface area contributed by atoms with E-state index in [-0.39, 0.29) is 11.7 Å². The van der Waals surface area contributed by atoms with Gasteiger partial charge in [-0.15, -0.1) is 0 Å². The van der Waals surface area contributed by atoms with E-state index in [2.05, 4.69) is 26.2 Å². The molecule has 1 aromatic carbocycles. The molecule has 1 heterocycles. The molecule has 2 N–H and O–H groups in total. The highest BCUT2D eigenvalue weighted by atomic mass is 79.9. The number of hydrogen-bond donors (Lipinski definition) is 2. The second-order valence-corrected chi connectivity index (χ2v) is 7.27. The van der Waals surface area contributed by atoms with Crippen LogP contribution < -0.4 is 5.32 Å². The predicted molar refractivity (Wildman–Crippen MR) is 92.6 cm³/mol. The maximum atomic E-state index is 11.4. The molecule has 1 saturated carbocycles. The molecule has 0 spiro atoms. The van der Waals surface area contributed by atoms with Gasteiger partial charge in [0.05, 0.1) is 16.0 Å². The molecule has 1 aliphatic rings. The van der Waals surface area contributed by atoms with Crippen molar-refractivity contribution < 1.29 is 10.0 Å².